The average Bonchev–Trinajstić information content (AvgIpc) is 3.60. The monoisotopic (exact) mass is 705 g/mol. The van der Waals surface area contributed by atoms with Gasteiger partial charge in [-0.15, -0.1) is 11.8 Å². The maximum atomic E-state index is 14.5. The summed E-state index contributed by atoms with van der Waals surface area (Å²) in [5.41, 5.74) is 4.29. The summed E-state index contributed by atoms with van der Waals surface area (Å²) in [6.07, 6.45) is 0.00351. The Morgan fingerprint density at radius 3 is 2.56 bits per heavy atom. The Bertz CT molecular complexity index is 1970. The quantitative estimate of drug-likeness (QED) is 0.215. The maximum absolute atomic E-state index is 14.5. The Morgan fingerprint density at radius 1 is 0.980 bits per heavy atom. The number of aryl methyl sites for hydroxylation is 1. The Balaban J connectivity index is 1.28. The Hall–Kier alpha value is -4.08. The van der Waals surface area contributed by atoms with Crippen LogP contribution < -0.4 is 29.6 Å². The van der Waals surface area contributed by atoms with Gasteiger partial charge in [0.05, 0.1) is 37.6 Å². The van der Waals surface area contributed by atoms with Crippen molar-refractivity contribution in [1.29, 1.82) is 0 Å². The lowest BCUT2D eigenvalue weighted by molar-refractivity contribution is -0.164. The van der Waals surface area contributed by atoms with Crippen LogP contribution in [0.4, 0.5) is 0 Å². The summed E-state index contributed by atoms with van der Waals surface area (Å²) < 4.78 is 29.4. The fourth-order valence-corrected chi connectivity index (χ4v) is 11.0. The van der Waals surface area contributed by atoms with Crippen LogP contribution in [0, 0.1) is 13.8 Å². The van der Waals surface area contributed by atoms with Crippen molar-refractivity contribution in [2.24, 2.45) is 0 Å². The van der Waals surface area contributed by atoms with E-state index in [9.17, 15) is 25.2 Å². The first-order valence-electron chi connectivity index (χ1n) is 16.8. The molecule has 14 heteroatoms. The van der Waals surface area contributed by atoms with E-state index in [1.54, 1.807) is 19.1 Å². The van der Waals surface area contributed by atoms with E-state index in [-0.39, 0.29) is 42.2 Å². The zero-order valence-corrected chi connectivity index (χ0v) is 28.8. The zero-order chi connectivity index (χ0) is 34.8. The number of methoxy groups -OCH3 is 2. The number of aliphatic hydroxyl groups is 1. The van der Waals surface area contributed by atoms with E-state index in [1.807, 2.05) is 17.9 Å². The van der Waals surface area contributed by atoms with E-state index in [0.717, 1.165) is 16.7 Å². The molecule has 7 aliphatic heterocycles. The molecule has 7 aliphatic rings. The van der Waals surface area contributed by atoms with Crippen LogP contribution in [0.2, 0.25) is 0 Å². The van der Waals surface area contributed by atoms with Crippen molar-refractivity contribution in [2.75, 3.05) is 39.9 Å². The van der Waals surface area contributed by atoms with Crippen molar-refractivity contribution >= 4 is 17.7 Å². The minimum absolute atomic E-state index is 0.0115. The smallest absolute Gasteiger partial charge is 0.331 e. The molecule has 3 aromatic rings. The number of rotatable bonds is 2. The molecule has 0 unspecified atom stereocenters. The standard InChI is InChI=1S/C36H39N3O10S/c1-14-7-17-8-19-34(43)39-20-11-47-35(44)36(18-10-22(45-3)21(40)9-16(18)5-6-37-36)12-50-33(27(39)26(38-19)23(17)29(42)30(14)46-4)25-24(20)32-31(48-13-49-32)15(2)28(25)41/h7,9-10,19-20,26-27,33-34,37-38,40-43H,5-6,8,11-13H2,1-4H3/t19-,20+,26-,27-,33-,34+,36-/m1/s1. The lowest BCUT2D eigenvalue weighted by Crippen LogP contribution is -2.69. The first-order valence-corrected chi connectivity index (χ1v) is 17.8. The summed E-state index contributed by atoms with van der Waals surface area (Å²) in [5.74, 6) is 1.27. The molecule has 0 amide bonds. The van der Waals surface area contributed by atoms with Crippen molar-refractivity contribution in [3.63, 3.8) is 0 Å². The summed E-state index contributed by atoms with van der Waals surface area (Å²) in [7, 11) is 3.00. The van der Waals surface area contributed by atoms with Gasteiger partial charge in [0, 0.05) is 40.6 Å². The summed E-state index contributed by atoms with van der Waals surface area (Å²) >= 11 is 1.46. The number of hydrogen-bond acceptors (Lipinski definition) is 14. The molecule has 6 N–H and O–H groups in total. The number of aromatic hydroxyl groups is 3. The lowest BCUT2D eigenvalue weighted by Gasteiger charge is -2.59. The van der Waals surface area contributed by atoms with Gasteiger partial charge in [0.1, 0.15) is 18.6 Å². The molecule has 264 valence electrons. The van der Waals surface area contributed by atoms with Crippen LogP contribution in [0.5, 0.6) is 40.2 Å². The number of hydrogen-bond donors (Lipinski definition) is 6. The second kappa shape index (κ2) is 11.2. The molecule has 3 aromatic carbocycles. The topological polar surface area (TPSA) is 171 Å². The molecule has 0 saturated carbocycles. The van der Waals surface area contributed by atoms with Crippen LogP contribution in [0.25, 0.3) is 0 Å². The first-order chi connectivity index (χ1) is 24.1. The van der Waals surface area contributed by atoms with Gasteiger partial charge >= 0.3 is 5.97 Å². The summed E-state index contributed by atoms with van der Waals surface area (Å²) in [4.78, 5) is 16.5. The van der Waals surface area contributed by atoms with E-state index < -0.39 is 47.2 Å². The number of carbonyl (C=O) groups is 1. The van der Waals surface area contributed by atoms with Crippen LogP contribution in [0.3, 0.4) is 0 Å². The highest BCUT2D eigenvalue weighted by molar-refractivity contribution is 7.99. The summed E-state index contributed by atoms with van der Waals surface area (Å²) in [6.45, 7) is 3.93. The minimum Gasteiger partial charge on any atom is -0.507 e. The van der Waals surface area contributed by atoms with E-state index >= 15 is 0 Å². The second-order valence-corrected chi connectivity index (χ2v) is 15.1. The average molecular weight is 706 g/mol. The number of nitrogens with zero attached hydrogens (tertiary/aromatic N) is 1. The van der Waals surface area contributed by atoms with Gasteiger partial charge in [-0.25, -0.2) is 4.79 Å². The third-order valence-electron chi connectivity index (χ3n) is 11.5. The Morgan fingerprint density at radius 2 is 1.78 bits per heavy atom. The zero-order valence-electron chi connectivity index (χ0n) is 28.0. The van der Waals surface area contributed by atoms with Gasteiger partial charge in [0.2, 0.25) is 6.79 Å². The minimum atomic E-state index is -1.32. The van der Waals surface area contributed by atoms with Gasteiger partial charge in [-0.1, -0.05) is 6.07 Å². The van der Waals surface area contributed by atoms with Gasteiger partial charge < -0.3 is 49.4 Å². The third-order valence-corrected chi connectivity index (χ3v) is 13.0. The lowest BCUT2D eigenvalue weighted by atomic mass is 9.74. The Kier molecular flexibility index (Phi) is 7.14. The molecule has 0 aromatic heterocycles. The molecule has 10 rings (SSSR count). The fraction of sp³-hybridized carbons (Fsp3) is 0.472. The molecule has 50 heavy (non-hydrogen) atoms. The number of benzene rings is 3. The molecule has 0 radical (unpaired) electrons. The van der Waals surface area contributed by atoms with Crippen molar-refractivity contribution in [2.45, 2.75) is 67.9 Å². The third kappa shape index (κ3) is 4.13. The molecule has 7 heterocycles. The van der Waals surface area contributed by atoms with Gasteiger partial charge in [0.15, 0.2) is 40.0 Å². The number of piperazine rings is 1. The first kappa shape index (κ1) is 31.9. The second-order valence-electron chi connectivity index (χ2n) is 13.9. The maximum Gasteiger partial charge on any atom is 0.331 e. The van der Waals surface area contributed by atoms with Gasteiger partial charge in [-0.05, 0) is 61.1 Å². The Labute approximate surface area is 292 Å². The fourth-order valence-electron chi connectivity index (χ4n) is 9.34. The highest BCUT2D eigenvalue weighted by Gasteiger charge is 2.59. The summed E-state index contributed by atoms with van der Waals surface area (Å²) in [5, 5.41) is 53.3. The molecule has 13 nitrogen and oxygen atoms in total. The number of esters is 1. The van der Waals surface area contributed by atoms with Crippen LogP contribution in [0.15, 0.2) is 18.2 Å². The van der Waals surface area contributed by atoms with E-state index in [0.29, 0.717) is 64.5 Å². The van der Waals surface area contributed by atoms with Crippen molar-refractivity contribution in [1.82, 2.24) is 15.5 Å². The molecular formula is C36H39N3O10S. The number of carbonyl (C=O) groups excluding carboxylic acids is 1. The SMILES string of the molecule is COc1cc2c(cc1O)CCN[C@]21CS[C@@H]2c3c(O)c(C)c4c(c3[C@H](COC1=O)N1[C@@H]2[C@@H]2N[C@H](Cc3cc(C)c(OC)c(O)c32)[C@@H]1O)OCO4. The normalized spacial score (nSPS) is 30.5. The number of aliphatic hydroxyl groups excluding tert-OH is 1. The van der Waals surface area contributed by atoms with Crippen LogP contribution in [-0.2, 0) is 27.9 Å². The highest BCUT2D eigenvalue weighted by Crippen LogP contribution is 2.63. The van der Waals surface area contributed by atoms with Crippen molar-refractivity contribution in [3.05, 3.63) is 62.7 Å². The van der Waals surface area contributed by atoms with E-state index in [4.69, 9.17) is 23.7 Å². The molecule has 4 bridgehead atoms. The van der Waals surface area contributed by atoms with Crippen molar-refractivity contribution in [3.8, 4) is 40.2 Å². The van der Waals surface area contributed by atoms with Crippen LogP contribution in [0.1, 0.15) is 61.8 Å². The van der Waals surface area contributed by atoms with Crippen LogP contribution >= 0.6 is 11.8 Å². The van der Waals surface area contributed by atoms with Crippen LogP contribution in [-0.4, -0.2) is 89.5 Å². The van der Waals surface area contributed by atoms with Crippen molar-refractivity contribution < 1.29 is 48.9 Å². The molecule has 2 fully saturated rings. The largest absolute Gasteiger partial charge is 0.507 e. The molecular weight excluding hydrogens is 666 g/mol. The molecule has 0 aliphatic carbocycles. The number of thioether (sulfide) groups is 1. The van der Waals surface area contributed by atoms with Gasteiger partial charge in [0.25, 0.3) is 0 Å². The number of phenolic OH excluding ortho intramolecular Hbond substituents is 3. The number of phenols is 3. The molecule has 1 spiro atoms. The summed E-state index contributed by atoms with van der Waals surface area (Å²) in [6, 6.07) is 3.15. The molecule has 2 saturated heterocycles. The van der Waals surface area contributed by atoms with Gasteiger partial charge in [-0.2, -0.15) is 0 Å². The highest BCUT2D eigenvalue weighted by atomic mass is 32.2. The predicted octanol–water partition coefficient (Wildman–Crippen LogP) is 2.85. The number of ether oxygens (including phenoxy) is 5. The number of nitrogens with one attached hydrogen (secondary N) is 2. The molecule has 7 atom stereocenters. The van der Waals surface area contributed by atoms with Gasteiger partial charge in [-0.3, -0.25) is 10.2 Å². The predicted molar refractivity (Wildman–Crippen MR) is 180 cm³/mol. The van der Waals surface area contributed by atoms with E-state index in [1.165, 1.54) is 26.0 Å². The number of fused-ring (bicyclic) bond motifs is 9. The van der Waals surface area contributed by atoms with E-state index in [2.05, 4.69) is 10.6 Å².